The summed E-state index contributed by atoms with van der Waals surface area (Å²) in [7, 11) is -9.28. The molecule has 0 aliphatic rings. The van der Waals surface area contributed by atoms with E-state index in [1.165, 1.54) is 0 Å². The summed E-state index contributed by atoms with van der Waals surface area (Å²) < 4.78 is 17.8. The molecule has 0 heterocycles. The van der Waals surface area contributed by atoms with E-state index in [4.69, 9.17) is 48.7 Å². The van der Waals surface area contributed by atoms with Gasteiger partial charge >= 0.3 is 15.6 Å². The SMILES string of the molecule is O=P(O)(O)O.O=P(O)(O)O.OCCCO. The number of hydrogen-bond donors (Lipinski definition) is 8. The van der Waals surface area contributed by atoms with Crippen molar-refractivity contribution in [2.24, 2.45) is 0 Å². The third kappa shape index (κ3) is 455. The summed E-state index contributed by atoms with van der Waals surface area (Å²) in [4.78, 5) is 43.1. The van der Waals surface area contributed by atoms with Crippen LogP contribution in [-0.2, 0) is 9.13 Å². The lowest BCUT2D eigenvalue weighted by molar-refractivity contribution is 0.221. The van der Waals surface area contributed by atoms with E-state index in [1.807, 2.05) is 0 Å². The highest BCUT2D eigenvalue weighted by Gasteiger charge is 2.00. The molecule has 0 aromatic carbocycles. The molecule has 0 saturated carbocycles. The molecule has 0 unspecified atom stereocenters. The standard InChI is InChI=1S/C3H8O2.2H3O4P/c4-2-1-3-5;2*1-5(2,3)4/h4-5H,1-3H2;2*(H3,1,2,3,4). The number of hydrogen-bond acceptors (Lipinski definition) is 4. The smallest absolute Gasteiger partial charge is 0.396 e. The Balaban J connectivity index is -0.000000144. The van der Waals surface area contributed by atoms with E-state index in [1.54, 1.807) is 0 Å². The molecular formula is C3H14O10P2. The van der Waals surface area contributed by atoms with E-state index in [2.05, 4.69) is 0 Å². The summed E-state index contributed by atoms with van der Waals surface area (Å²) in [6, 6.07) is 0. The van der Waals surface area contributed by atoms with Crippen LogP contribution in [0.15, 0.2) is 0 Å². The van der Waals surface area contributed by atoms with E-state index in [9.17, 15) is 0 Å². The number of rotatable bonds is 2. The van der Waals surface area contributed by atoms with E-state index >= 15 is 0 Å². The topological polar surface area (TPSA) is 196 Å². The molecule has 0 aliphatic carbocycles. The van der Waals surface area contributed by atoms with E-state index in [0.29, 0.717) is 6.42 Å². The molecule has 0 aromatic rings. The van der Waals surface area contributed by atoms with Gasteiger partial charge in [-0.25, -0.2) is 9.13 Å². The van der Waals surface area contributed by atoms with E-state index < -0.39 is 15.6 Å². The van der Waals surface area contributed by atoms with Gasteiger partial charge in [0.15, 0.2) is 0 Å². The second kappa shape index (κ2) is 10.7. The summed E-state index contributed by atoms with van der Waals surface area (Å²) >= 11 is 0. The third-order valence-corrected chi connectivity index (χ3v) is 0.316. The van der Waals surface area contributed by atoms with Crippen molar-refractivity contribution in [2.75, 3.05) is 13.2 Å². The highest BCUT2D eigenvalue weighted by Crippen LogP contribution is 2.26. The van der Waals surface area contributed by atoms with Crippen LogP contribution in [0.3, 0.4) is 0 Å². The van der Waals surface area contributed by atoms with Crippen molar-refractivity contribution in [1.82, 2.24) is 0 Å². The second-order valence-corrected chi connectivity index (χ2v) is 3.88. The molecule has 10 nitrogen and oxygen atoms in total. The predicted molar refractivity (Wildman–Crippen MR) is 47.3 cm³/mol. The van der Waals surface area contributed by atoms with Gasteiger partial charge in [0.2, 0.25) is 0 Å². The maximum absolute atomic E-state index is 8.88. The van der Waals surface area contributed by atoms with Crippen molar-refractivity contribution in [3.05, 3.63) is 0 Å². The molecule has 0 amide bonds. The minimum Gasteiger partial charge on any atom is -0.396 e. The number of phosphoric acid groups is 2. The van der Waals surface area contributed by atoms with E-state index in [0.717, 1.165) is 0 Å². The first-order valence-electron chi connectivity index (χ1n) is 3.20. The molecular weight excluding hydrogens is 258 g/mol. The van der Waals surface area contributed by atoms with Gasteiger partial charge in [0.25, 0.3) is 0 Å². The Morgan fingerprint density at radius 1 is 0.667 bits per heavy atom. The Morgan fingerprint density at radius 2 is 0.800 bits per heavy atom. The lowest BCUT2D eigenvalue weighted by Crippen LogP contribution is -1.85. The normalized spacial score (nSPS) is 10.7. The van der Waals surface area contributed by atoms with Crippen molar-refractivity contribution in [1.29, 1.82) is 0 Å². The maximum Gasteiger partial charge on any atom is 0.466 e. The van der Waals surface area contributed by atoms with Gasteiger partial charge in [-0.2, -0.15) is 0 Å². The van der Waals surface area contributed by atoms with E-state index in [-0.39, 0.29) is 13.2 Å². The molecule has 15 heavy (non-hydrogen) atoms. The van der Waals surface area contributed by atoms with Gasteiger partial charge < -0.3 is 39.6 Å². The Morgan fingerprint density at radius 3 is 0.800 bits per heavy atom. The van der Waals surface area contributed by atoms with Crippen LogP contribution >= 0.6 is 15.6 Å². The molecule has 0 spiro atoms. The van der Waals surface area contributed by atoms with Gasteiger partial charge in [-0.1, -0.05) is 0 Å². The zero-order valence-corrected chi connectivity index (χ0v) is 9.20. The van der Waals surface area contributed by atoms with Crippen molar-refractivity contribution >= 4 is 15.6 Å². The van der Waals surface area contributed by atoms with Crippen LogP contribution in [0.5, 0.6) is 0 Å². The van der Waals surface area contributed by atoms with Crippen molar-refractivity contribution < 1.29 is 48.7 Å². The molecule has 0 bridgehead atoms. The molecule has 96 valence electrons. The molecule has 12 heteroatoms. The zero-order chi connectivity index (χ0) is 13.1. The van der Waals surface area contributed by atoms with Gasteiger partial charge in [0.1, 0.15) is 0 Å². The first-order valence-corrected chi connectivity index (χ1v) is 6.33. The van der Waals surface area contributed by atoms with Gasteiger partial charge in [0.05, 0.1) is 0 Å². The molecule has 0 aliphatic heterocycles. The van der Waals surface area contributed by atoms with Gasteiger partial charge in [0, 0.05) is 13.2 Å². The van der Waals surface area contributed by atoms with Crippen LogP contribution < -0.4 is 0 Å². The maximum atomic E-state index is 8.88. The summed E-state index contributed by atoms with van der Waals surface area (Å²) in [6.07, 6.45) is 0.500. The molecule has 0 atom stereocenters. The quantitative estimate of drug-likeness (QED) is 0.249. The highest BCUT2D eigenvalue weighted by atomic mass is 31.2. The zero-order valence-electron chi connectivity index (χ0n) is 7.41. The van der Waals surface area contributed by atoms with Crippen molar-refractivity contribution in [3.8, 4) is 0 Å². The summed E-state index contributed by atoms with van der Waals surface area (Å²) in [5, 5.41) is 15.8. The van der Waals surface area contributed by atoms with Crippen LogP contribution in [0.25, 0.3) is 0 Å². The fourth-order valence-corrected chi connectivity index (χ4v) is 0.0707. The monoisotopic (exact) mass is 272 g/mol. The minimum atomic E-state index is -4.64. The average Bonchev–Trinajstić information content (AvgIpc) is 1.80. The van der Waals surface area contributed by atoms with Crippen LogP contribution in [0.1, 0.15) is 6.42 Å². The molecule has 0 saturated heterocycles. The van der Waals surface area contributed by atoms with Gasteiger partial charge in [-0.05, 0) is 6.42 Å². The molecule has 8 N–H and O–H groups in total. The first-order chi connectivity index (χ1) is 6.41. The highest BCUT2D eigenvalue weighted by molar-refractivity contribution is 7.45. The summed E-state index contributed by atoms with van der Waals surface area (Å²) in [5.41, 5.74) is 0. The lowest BCUT2D eigenvalue weighted by atomic mass is 10.5. The van der Waals surface area contributed by atoms with Crippen LogP contribution in [0, 0.1) is 0 Å². The molecule has 0 fully saturated rings. The number of aliphatic hydroxyl groups is 2. The molecule has 0 radical (unpaired) electrons. The van der Waals surface area contributed by atoms with Crippen LogP contribution in [0.4, 0.5) is 0 Å². The fraction of sp³-hybridized carbons (Fsp3) is 1.00. The summed E-state index contributed by atoms with van der Waals surface area (Å²) in [6.45, 7) is 0.188. The van der Waals surface area contributed by atoms with Crippen molar-refractivity contribution in [3.63, 3.8) is 0 Å². The first kappa shape index (κ1) is 20.5. The van der Waals surface area contributed by atoms with Crippen molar-refractivity contribution in [2.45, 2.75) is 6.42 Å². The Kier molecular flexibility index (Phi) is 14.6. The Bertz CT molecular complexity index is 164. The van der Waals surface area contributed by atoms with Crippen LogP contribution in [-0.4, -0.2) is 52.8 Å². The molecule has 0 aromatic heterocycles. The Labute approximate surface area is 84.9 Å². The largest absolute Gasteiger partial charge is 0.466 e. The Hall–Kier alpha value is 0.140. The third-order valence-electron chi connectivity index (χ3n) is 0.316. The van der Waals surface area contributed by atoms with Crippen LogP contribution in [0.2, 0.25) is 0 Å². The summed E-state index contributed by atoms with van der Waals surface area (Å²) in [5.74, 6) is 0. The fourth-order valence-electron chi connectivity index (χ4n) is 0.0707. The number of aliphatic hydroxyl groups excluding tert-OH is 2. The predicted octanol–water partition coefficient (Wildman–Crippen LogP) is -2.50. The average molecular weight is 272 g/mol. The minimum absolute atomic E-state index is 0.0938. The lowest BCUT2D eigenvalue weighted by Gasteiger charge is -1.82. The second-order valence-electron chi connectivity index (χ2n) is 1.83. The van der Waals surface area contributed by atoms with Gasteiger partial charge in [-0.3, -0.25) is 0 Å². The van der Waals surface area contributed by atoms with Gasteiger partial charge in [-0.15, -0.1) is 0 Å². The molecule has 0 rings (SSSR count).